The molecule has 0 aromatic carbocycles. The minimum atomic E-state index is -0.162. The van der Waals surface area contributed by atoms with Crippen molar-refractivity contribution < 1.29 is 9.32 Å². The standard InChI is InChI=1S/C23H29N5O2/c1-14(2)19-11-18(21-16(4)27-30-23(21)26-19)22(29)25-13-17-5-6-20(24-12-17)28-9-7-15(3)8-10-28/h5-6,11-12,14-15H,7-10,13H2,1-4H3,(H,25,29). The van der Waals surface area contributed by atoms with Crippen molar-refractivity contribution in [1.82, 2.24) is 20.4 Å². The van der Waals surface area contributed by atoms with E-state index in [4.69, 9.17) is 4.52 Å². The predicted octanol–water partition coefficient (Wildman–Crippen LogP) is 4.22. The highest BCUT2D eigenvalue weighted by molar-refractivity contribution is 6.06. The average Bonchev–Trinajstić information content (AvgIpc) is 3.13. The maximum Gasteiger partial charge on any atom is 0.259 e. The third kappa shape index (κ3) is 4.15. The number of amides is 1. The first-order chi connectivity index (χ1) is 14.4. The van der Waals surface area contributed by atoms with Crippen LogP contribution in [0.25, 0.3) is 11.1 Å². The van der Waals surface area contributed by atoms with Crippen molar-refractivity contribution in [3.05, 3.63) is 46.9 Å². The van der Waals surface area contributed by atoms with Crippen LogP contribution in [-0.2, 0) is 6.54 Å². The molecule has 1 aliphatic heterocycles. The molecule has 1 amide bonds. The predicted molar refractivity (Wildman–Crippen MR) is 117 cm³/mol. The van der Waals surface area contributed by atoms with E-state index in [0.29, 0.717) is 28.9 Å². The Morgan fingerprint density at radius 1 is 1.30 bits per heavy atom. The van der Waals surface area contributed by atoms with Crippen LogP contribution >= 0.6 is 0 Å². The molecule has 0 aliphatic carbocycles. The molecule has 4 heterocycles. The fourth-order valence-corrected chi connectivity index (χ4v) is 3.81. The molecule has 4 rings (SSSR count). The highest BCUT2D eigenvalue weighted by atomic mass is 16.5. The summed E-state index contributed by atoms with van der Waals surface area (Å²) in [7, 11) is 0. The van der Waals surface area contributed by atoms with E-state index in [0.717, 1.165) is 36.1 Å². The summed E-state index contributed by atoms with van der Waals surface area (Å²) >= 11 is 0. The first-order valence-corrected chi connectivity index (χ1v) is 10.7. The van der Waals surface area contributed by atoms with E-state index in [-0.39, 0.29) is 11.8 Å². The normalized spacial score (nSPS) is 15.2. The Labute approximate surface area is 176 Å². The van der Waals surface area contributed by atoms with E-state index in [9.17, 15) is 4.79 Å². The highest BCUT2D eigenvalue weighted by Crippen LogP contribution is 2.25. The van der Waals surface area contributed by atoms with Crippen LogP contribution in [0.3, 0.4) is 0 Å². The molecule has 1 saturated heterocycles. The van der Waals surface area contributed by atoms with Crippen LogP contribution in [-0.4, -0.2) is 34.1 Å². The van der Waals surface area contributed by atoms with Crippen molar-refractivity contribution in [1.29, 1.82) is 0 Å². The number of fused-ring (bicyclic) bond motifs is 1. The molecule has 1 aliphatic rings. The zero-order chi connectivity index (χ0) is 21.3. The minimum Gasteiger partial charge on any atom is -0.357 e. The fraction of sp³-hybridized carbons (Fsp3) is 0.478. The zero-order valence-corrected chi connectivity index (χ0v) is 18.1. The van der Waals surface area contributed by atoms with Crippen molar-refractivity contribution >= 4 is 22.8 Å². The number of aryl methyl sites for hydroxylation is 1. The molecule has 7 nitrogen and oxygen atoms in total. The molecule has 3 aromatic rings. The van der Waals surface area contributed by atoms with E-state index < -0.39 is 0 Å². The van der Waals surface area contributed by atoms with Crippen molar-refractivity contribution in [2.75, 3.05) is 18.0 Å². The van der Waals surface area contributed by atoms with Gasteiger partial charge in [0.05, 0.1) is 16.6 Å². The Bertz CT molecular complexity index is 1030. The van der Waals surface area contributed by atoms with Gasteiger partial charge >= 0.3 is 0 Å². The largest absolute Gasteiger partial charge is 0.357 e. The second-order valence-corrected chi connectivity index (χ2v) is 8.57. The molecule has 0 spiro atoms. The highest BCUT2D eigenvalue weighted by Gasteiger charge is 2.20. The zero-order valence-electron chi connectivity index (χ0n) is 18.1. The molecule has 1 fully saturated rings. The number of nitrogens with one attached hydrogen (secondary N) is 1. The van der Waals surface area contributed by atoms with Gasteiger partial charge in [-0.2, -0.15) is 0 Å². The van der Waals surface area contributed by atoms with E-state index in [1.54, 1.807) is 0 Å². The maximum atomic E-state index is 13.0. The number of hydrogen-bond acceptors (Lipinski definition) is 6. The number of carbonyl (C=O) groups is 1. The molecule has 0 atom stereocenters. The lowest BCUT2D eigenvalue weighted by Gasteiger charge is -2.31. The van der Waals surface area contributed by atoms with Crippen LogP contribution in [0.1, 0.15) is 66.8 Å². The Kier molecular flexibility index (Phi) is 5.70. The second-order valence-electron chi connectivity index (χ2n) is 8.57. The molecule has 0 bridgehead atoms. The Balaban J connectivity index is 1.46. The summed E-state index contributed by atoms with van der Waals surface area (Å²) < 4.78 is 5.31. The number of carbonyl (C=O) groups excluding carboxylic acids is 1. The van der Waals surface area contributed by atoms with E-state index in [1.807, 2.05) is 45.2 Å². The number of rotatable bonds is 5. The molecular weight excluding hydrogens is 378 g/mol. The maximum absolute atomic E-state index is 13.0. The Morgan fingerprint density at radius 2 is 2.07 bits per heavy atom. The molecule has 0 saturated carbocycles. The van der Waals surface area contributed by atoms with Crippen LogP contribution in [0.4, 0.5) is 5.82 Å². The molecule has 1 N–H and O–H groups in total. The van der Waals surface area contributed by atoms with Gasteiger partial charge in [0.2, 0.25) is 0 Å². The molecular formula is C23H29N5O2. The van der Waals surface area contributed by atoms with Crippen LogP contribution < -0.4 is 10.2 Å². The van der Waals surface area contributed by atoms with Gasteiger partial charge in [-0.25, -0.2) is 9.97 Å². The summed E-state index contributed by atoms with van der Waals surface area (Å²) in [5.74, 6) is 1.82. The van der Waals surface area contributed by atoms with Crippen LogP contribution in [0.5, 0.6) is 0 Å². The van der Waals surface area contributed by atoms with Crippen molar-refractivity contribution in [2.24, 2.45) is 5.92 Å². The quantitative estimate of drug-likeness (QED) is 0.682. The molecule has 158 valence electrons. The number of anilines is 1. The Hall–Kier alpha value is -2.96. The third-order valence-electron chi connectivity index (χ3n) is 5.84. The van der Waals surface area contributed by atoms with Gasteiger partial charge in [-0.3, -0.25) is 4.79 Å². The molecule has 3 aromatic heterocycles. The SMILES string of the molecule is Cc1noc2nc(C(C)C)cc(C(=O)NCc3ccc(N4CCC(C)CC4)nc3)c12. The molecule has 7 heteroatoms. The van der Waals surface area contributed by atoms with Gasteiger partial charge < -0.3 is 14.7 Å². The van der Waals surface area contributed by atoms with E-state index in [1.165, 1.54) is 12.8 Å². The average molecular weight is 408 g/mol. The molecule has 30 heavy (non-hydrogen) atoms. The van der Waals surface area contributed by atoms with E-state index >= 15 is 0 Å². The first kappa shape index (κ1) is 20.3. The van der Waals surface area contributed by atoms with Gasteiger partial charge in [0.15, 0.2) is 0 Å². The number of nitrogens with zero attached hydrogens (tertiary/aromatic N) is 4. The summed E-state index contributed by atoms with van der Waals surface area (Å²) in [5.41, 5.74) is 3.40. The number of hydrogen-bond donors (Lipinski definition) is 1. The first-order valence-electron chi connectivity index (χ1n) is 10.7. The van der Waals surface area contributed by atoms with Crippen LogP contribution in [0, 0.1) is 12.8 Å². The molecule has 0 unspecified atom stereocenters. The van der Waals surface area contributed by atoms with Gasteiger partial charge in [0, 0.05) is 31.5 Å². The lowest BCUT2D eigenvalue weighted by Crippen LogP contribution is -2.33. The van der Waals surface area contributed by atoms with Gasteiger partial charge in [0.1, 0.15) is 5.82 Å². The number of piperidine rings is 1. The van der Waals surface area contributed by atoms with Crippen molar-refractivity contribution in [3.63, 3.8) is 0 Å². The Morgan fingerprint density at radius 3 is 2.73 bits per heavy atom. The van der Waals surface area contributed by atoms with Crippen LogP contribution in [0.15, 0.2) is 28.9 Å². The summed E-state index contributed by atoms with van der Waals surface area (Å²) in [5, 5.41) is 7.66. The number of aromatic nitrogens is 3. The van der Waals surface area contributed by atoms with Crippen LogP contribution in [0.2, 0.25) is 0 Å². The van der Waals surface area contributed by atoms with Gasteiger partial charge in [-0.15, -0.1) is 0 Å². The van der Waals surface area contributed by atoms with E-state index in [2.05, 4.69) is 32.3 Å². The smallest absolute Gasteiger partial charge is 0.259 e. The number of pyridine rings is 2. The third-order valence-corrected chi connectivity index (χ3v) is 5.84. The van der Waals surface area contributed by atoms with Gasteiger partial charge in [-0.05, 0) is 49.3 Å². The minimum absolute atomic E-state index is 0.162. The lowest BCUT2D eigenvalue weighted by atomic mass is 9.99. The van der Waals surface area contributed by atoms with Gasteiger partial charge in [-0.1, -0.05) is 32.0 Å². The fourth-order valence-electron chi connectivity index (χ4n) is 3.81. The topological polar surface area (TPSA) is 84.1 Å². The summed E-state index contributed by atoms with van der Waals surface area (Å²) in [4.78, 5) is 24.4. The monoisotopic (exact) mass is 407 g/mol. The summed E-state index contributed by atoms with van der Waals surface area (Å²) in [6.07, 6.45) is 4.26. The summed E-state index contributed by atoms with van der Waals surface area (Å²) in [6, 6.07) is 5.92. The molecule has 0 radical (unpaired) electrons. The van der Waals surface area contributed by atoms with Crippen molar-refractivity contribution in [3.8, 4) is 0 Å². The lowest BCUT2D eigenvalue weighted by molar-refractivity contribution is 0.0952. The van der Waals surface area contributed by atoms with Gasteiger partial charge in [0.25, 0.3) is 11.6 Å². The summed E-state index contributed by atoms with van der Waals surface area (Å²) in [6.45, 7) is 10.7. The second kappa shape index (κ2) is 8.42. The van der Waals surface area contributed by atoms with Crippen molar-refractivity contribution in [2.45, 2.75) is 53.0 Å².